The van der Waals surface area contributed by atoms with Gasteiger partial charge in [0.25, 0.3) is 5.91 Å². The number of amides is 1. The van der Waals surface area contributed by atoms with Crippen LogP contribution >= 0.6 is 11.6 Å². The molecular weight excluding hydrogens is 274 g/mol. The number of hydrogen-bond donors (Lipinski definition) is 1. The van der Waals surface area contributed by atoms with Gasteiger partial charge in [0.2, 0.25) is 0 Å². The summed E-state index contributed by atoms with van der Waals surface area (Å²) in [5.74, 6) is 0.744. The highest BCUT2D eigenvalue weighted by atomic mass is 35.5. The molecule has 2 rings (SSSR count). The summed E-state index contributed by atoms with van der Waals surface area (Å²) in [6.07, 6.45) is 4.19. The quantitative estimate of drug-likeness (QED) is 0.845. The Morgan fingerprint density at radius 2 is 2.30 bits per heavy atom. The molecule has 1 aliphatic heterocycles. The van der Waals surface area contributed by atoms with Crippen molar-refractivity contribution >= 4 is 23.3 Å². The van der Waals surface area contributed by atoms with Gasteiger partial charge < -0.3 is 10.2 Å². The van der Waals surface area contributed by atoms with Crippen molar-refractivity contribution in [2.45, 2.75) is 45.6 Å². The van der Waals surface area contributed by atoms with Crippen LogP contribution in [0.1, 0.15) is 49.9 Å². The lowest BCUT2D eigenvalue weighted by Gasteiger charge is -2.24. The molecule has 1 aromatic rings. The molecule has 0 bridgehead atoms. The maximum absolute atomic E-state index is 12.6. The largest absolute Gasteiger partial charge is 0.370 e. The van der Waals surface area contributed by atoms with E-state index in [1.54, 1.807) is 12.1 Å². The molecule has 0 radical (unpaired) electrons. The summed E-state index contributed by atoms with van der Waals surface area (Å²) in [7, 11) is 0. The number of carbonyl (C=O) groups excluding carboxylic acids is 1. The van der Waals surface area contributed by atoms with Gasteiger partial charge in [-0.2, -0.15) is 0 Å². The van der Waals surface area contributed by atoms with Crippen LogP contribution in [0.5, 0.6) is 0 Å². The van der Waals surface area contributed by atoms with Crippen LogP contribution in [0.4, 0.5) is 5.82 Å². The summed E-state index contributed by atoms with van der Waals surface area (Å²) in [5, 5.41) is 3.54. The van der Waals surface area contributed by atoms with Crippen molar-refractivity contribution in [2.75, 3.05) is 18.4 Å². The van der Waals surface area contributed by atoms with Gasteiger partial charge in [0.05, 0.1) is 0 Å². The topological polar surface area (TPSA) is 45.2 Å². The molecule has 0 spiro atoms. The number of aromatic nitrogens is 1. The Hall–Kier alpha value is -1.29. The van der Waals surface area contributed by atoms with Crippen LogP contribution < -0.4 is 5.32 Å². The lowest BCUT2D eigenvalue weighted by atomic mass is 10.1. The Labute approximate surface area is 125 Å². The fourth-order valence-electron chi connectivity index (χ4n) is 2.66. The van der Waals surface area contributed by atoms with Crippen LogP contribution in [0.3, 0.4) is 0 Å². The van der Waals surface area contributed by atoms with Gasteiger partial charge in [-0.1, -0.05) is 25.4 Å². The third-order valence-corrected chi connectivity index (χ3v) is 3.90. The SMILES string of the molecule is CCCNc1cc(C(=O)N2CCCC2CC)cc(Cl)n1. The first-order valence-electron chi connectivity index (χ1n) is 7.38. The molecule has 0 saturated carbocycles. The van der Waals surface area contributed by atoms with Gasteiger partial charge in [-0.05, 0) is 37.8 Å². The number of likely N-dealkylation sites (tertiary alicyclic amines) is 1. The molecule has 0 aliphatic carbocycles. The minimum absolute atomic E-state index is 0.0678. The van der Waals surface area contributed by atoms with Crippen molar-refractivity contribution in [3.8, 4) is 0 Å². The van der Waals surface area contributed by atoms with E-state index < -0.39 is 0 Å². The fourth-order valence-corrected chi connectivity index (χ4v) is 2.87. The first-order chi connectivity index (χ1) is 9.65. The monoisotopic (exact) mass is 295 g/mol. The smallest absolute Gasteiger partial charge is 0.254 e. The number of rotatable bonds is 5. The maximum Gasteiger partial charge on any atom is 0.254 e. The number of nitrogens with zero attached hydrogens (tertiary/aromatic N) is 2. The molecule has 1 aliphatic rings. The Morgan fingerprint density at radius 3 is 3.00 bits per heavy atom. The fraction of sp³-hybridized carbons (Fsp3) is 0.600. The number of pyridine rings is 1. The second-order valence-corrected chi connectivity index (χ2v) is 5.58. The number of halogens is 1. The van der Waals surface area contributed by atoms with E-state index in [0.717, 1.165) is 38.8 Å². The van der Waals surface area contributed by atoms with E-state index in [1.165, 1.54) is 0 Å². The average molecular weight is 296 g/mol. The maximum atomic E-state index is 12.6. The summed E-state index contributed by atoms with van der Waals surface area (Å²) >= 11 is 6.03. The predicted molar refractivity (Wildman–Crippen MR) is 82.4 cm³/mol. The van der Waals surface area contributed by atoms with Crippen LogP contribution in [-0.2, 0) is 0 Å². The second kappa shape index (κ2) is 6.93. The van der Waals surface area contributed by atoms with E-state index in [2.05, 4.69) is 24.1 Å². The third kappa shape index (κ3) is 3.42. The van der Waals surface area contributed by atoms with Crippen LogP contribution in [0.2, 0.25) is 5.15 Å². The average Bonchev–Trinajstić information content (AvgIpc) is 2.92. The molecule has 1 aromatic heterocycles. The highest BCUT2D eigenvalue weighted by molar-refractivity contribution is 6.29. The Balaban J connectivity index is 2.18. The molecule has 1 N–H and O–H groups in total. The van der Waals surface area contributed by atoms with Gasteiger partial charge in [-0.25, -0.2) is 4.98 Å². The molecule has 1 saturated heterocycles. The third-order valence-electron chi connectivity index (χ3n) is 3.71. The van der Waals surface area contributed by atoms with E-state index in [1.807, 2.05) is 4.90 Å². The minimum atomic E-state index is 0.0678. The lowest BCUT2D eigenvalue weighted by Crippen LogP contribution is -2.35. The number of carbonyl (C=O) groups is 1. The zero-order chi connectivity index (χ0) is 14.5. The molecule has 1 atom stereocenters. The molecule has 2 heterocycles. The number of anilines is 1. The van der Waals surface area contributed by atoms with Gasteiger partial charge in [0.15, 0.2) is 0 Å². The van der Waals surface area contributed by atoms with Crippen LogP contribution in [-0.4, -0.2) is 34.9 Å². The standard InChI is InChI=1S/C15H22ClN3O/c1-3-7-17-14-10-11(9-13(16)18-14)15(20)19-8-5-6-12(19)4-2/h9-10,12H,3-8H2,1-2H3,(H,17,18). The van der Waals surface area contributed by atoms with Gasteiger partial charge in [-0.15, -0.1) is 0 Å². The Bertz CT molecular complexity index is 478. The Kier molecular flexibility index (Phi) is 5.24. The molecule has 20 heavy (non-hydrogen) atoms. The van der Waals surface area contributed by atoms with Crippen molar-refractivity contribution < 1.29 is 4.79 Å². The van der Waals surface area contributed by atoms with Crippen molar-refractivity contribution in [2.24, 2.45) is 0 Å². The highest BCUT2D eigenvalue weighted by Gasteiger charge is 2.28. The van der Waals surface area contributed by atoms with Crippen LogP contribution in [0.15, 0.2) is 12.1 Å². The van der Waals surface area contributed by atoms with Crippen molar-refractivity contribution in [1.29, 1.82) is 0 Å². The van der Waals surface area contributed by atoms with E-state index in [0.29, 0.717) is 22.6 Å². The van der Waals surface area contributed by atoms with Crippen LogP contribution in [0, 0.1) is 0 Å². The summed E-state index contributed by atoms with van der Waals surface area (Å²) in [6, 6.07) is 3.82. The van der Waals surface area contributed by atoms with Gasteiger partial charge in [-0.3, -0.25) is 4.79 Å². The minimum Gasteiger partial charge on any atom is -0.370 e. The molecule has 0 aromatic carbocycles. The molecule has 1 unspecified atom stereocenters. The van der Waals surface area contributed by atoms with E-state index in [9.17, 15) is 4.79 Å². The van der Waals surface area contributed by atoms with Crippen molar-refractivity contribution in [3.63, 3.8) is 0 Å². The number of nitrogens with one attached hydrogen (secondary N) is 1. The van der Waals surface area contributed by atoms with E-state index in [-0.39, 0.29) is 5.91 Å². The van der Waals surface area contributed by atoms with E-state index in [4.69, 9.17) is 11.6 Å². The van der Waals surface area contributed by atoms with Crippen molar-refractivity contribution in [3.05, 3.63) is 22.8 Å². The van der Waals surface area contributed by atoms with Gasteiger partial charge in [0, 0.05) is 24.7 Å². The zero-order valence-corrected chi connectivity index (χ0v) is 12.9. The lowest BCUT2D eigenvalue weighted by molar-refractivity contribution is 0.0733. The normalized spacial score (nSPS) is 18.4. The van der Waals surface area contributed by atoms with Gasteiger partial charge >= 0.3 is 0 Å². The zero-order valence-electron chi connectivity index (χ0n) is 12.2. The van der Waals surface area contributed by atoms with E-state index >= 15 is 0 Å². The summed E-state index contributed by atoms with van der Waals surface area (Å²) in [4.78, 5) is 18.8. The highest BCUT2D eigenvalue weighted by Crippen LogP contribution is 2.24. The van der Waals surface area contributed by atoms with Crippen molar-refractivity contribution in [1.82, 2.24) is 9.88 Å². The molecule has 4 nitrogen and oxygen atoms in total. The molecule has 1 fully saturated rings. The predicted octanol–water partition coefficient (Wildman–Crippen LogP) is 3.57. The summed E-state index contributed by atoms with van der Waals surface area (Å²) < 4.78 is 0. The second-order valence-electron chi connectivity index (χ2n) is 5.19. The van der Waals surface area contributed by atoms with Crippen LogP contribution in [0.25, 0.3) is 0 Å². The molecule has 110 valence electrons. The summed E-state index contributed by atoms with van der Waals surface area (Å²) in [6.45, 7) is 5.88. The Morgan fingerprint density at radius 1 is 1.50 bits per heavy atom. The van der Waals surface area contributed by atoms with Gasteiger partial charge in [0.1, 0.15) is 11.0 Å². The first kappa shape index (κ1) is 15.1. The first-order valence-corrected chi connectivity index (χ1v) is 7.76. The molecular formula is C15H22ClN3O. The molecule has 1 amide bonds. The summed E-state index contributed by atoms with van der Waals surface area (Å²) in [5.41, 5.74) is 0.629. The molecule has 5 heteroatoms. The number of hydrogen-bond acceptors (Lipinski definition) is 3.